The van der Waals surface area contributed by atoms with Crippen LogP contribution < -0.4 is 10.6 Å². The number of nitrogens with one attached hydrogen (secondary N) is 2. The van der Waals surface area contributed by atoms with E-state index < -0.39 is 23.2 Å². The first-order valence-electron chi connectivity index (χ1n) is 9.91. The summed E-state index contributed by atoms with van der Waals surface area (Å²) in [7, 11) is 0. The fraction of sp³-hybridized carbons (Fsp3) is 0.500. The van der Waals surface area contributed by atoms with Crippen LogP contribution in [-0.4, -0.2) is 35.7 Å². The highest BCUT2D eigenvalue weighted by atomic mass is 16.6. The maximum absolute atomic E-state index is 13.0. The minimum Gasteiger partial charge on any atom is -0.463 e. The summed E-state index contributed by atoms with van der Waals surface area (Å²) < 4.78 is 10.2. The molecule has 2 N–H and O–H groups in total. The first kappa shape index (κ1) is 22.5. The molecule has 1 aromatic carbocycles. The molecule has 29 heavy (non-hydrogen) atoms. The van der Waals surface area contributed by atoms with Gasteiger partial charge in [0.15, 0.2) is 0 Å². The fourth-order valence-electron chi connectivity index (χ4n) is 3.17. The molecule has 0 aliphatic heterocycles. The molecule has 7 heteroatoms. The normalized spacial score (nSPS) is 15.7. The van der Waals surface area contributed by atoms with Gasteiger partial charge < -0.3 is 20.1 Å². The van der Waals surface area contributed by atoms with Gasteiger partial charge in [0.1, 0.15) is 11.1 Å². The summed E-state index contributed by atoms with van der Waals surface area (Å²) in [4.78, 5) is 36.6. The molecule has 0 heterocycles. The second kappa shape index (κ2) is 9.58. The van der Waals surface area contributed by atoms with Gasteiger partial charge >= 0.3 is 12.1 Å². The summed E-state index contributed by atoms with van der Waals surface area (Å²) in [6.45, 7) is 7.43. The molecule has 1 saturated carbocycles. The summed E-state index contributed by atoms with van der Waals surface area (Å²) in [5.74, 6) is -0.656. The van der Waals surface area contributed by atoms with Gasteiger partial charge in [-0.1, -0.05) is 25.0 Å². The third kappa shape index (κ3) is 6.93. The van der Waals surface area contributed by atoms with Gasteiger partial charge in [-0.15, -0.1) is 0 Å². The van der Waals surface area contributed by atoms with Crippen LogP contribution in [0.3, 0.4) is 0 Å². The number of alkyl carbamates (subject to hydrolysis) is 1. The number of esters is 1. The van der Waals surface area contributed by atoms with E-state index in [1.807, 2.05) is 0 Å². The molecule has 0 unspecified atom stereocenters. The Kier molecular flexibility index (Phi) is 7.42. The summed E-state index contributed by atoms with van der Waals surface area (Å²) in [5.41, 5.74) is -0.183. The van der Waals surface area contributed by atoms with Crippen molar-refractivity contribution in [2.45, 2.75) is 64.5 Å². The number of hydrogen-bond donors (Lipinski definition) is 2. The Morgan fingerprint density at radius 2 is 1.72 bits per heavy atom. The molecule has 0 saturated heterocycles. The van der Waals surface area contributed by atoms with Crippen LogP contribution in [0.1, 0.15) is 58.9 Å². The molecule has 1 aliphatic rings. The number of carbonyl (C=O) groups is 3. The molecule has 2 amide bonds. The second-order valence-corrected chi connectivity index (χ2v) is 8.08. The minimum absolute atomic E-state index is 0.254. The highest BCUT2D eigenvalue weighted by Gasteiger charge is 2.43. The van der Waals surface area contributed by atoms with E-state index in [0.29, 0.717) is 25.1 Å². The van der Waals surface area contributed by atoms with E-state index in [-0.39, 0.29) is 5.91 Å². The lowest BCUT2D eigenvalue weighted by atomic mass is 9.96. The van der Waals surface area contributed by atoms with Gasteiger partial charge in [-0.3, -0.25) is 4.79 Å². The van der Waals surface area contributed by atoms with Gasteiger partial charge in [-0.05, 0) is 64.3 Å². The Bertz CT molecular complexity index is 756. The van der Waals surface area contributed by atoms with E-state index >= 15 is 0 Å². The van der Waals surface area contributed by atoms with Gasteiger partial charge in [0.25, 0.3) is 0 Å². The Morgan fingerprint density at radius 3 is 2.28 bits per heavy atom. The Labute approximate surface area is 171 Å². The van der Waals surface area contributed by atoms with Crippen LogP contribution in [-0.2, 0) is 19.1 Å². The van der Waals surface area contributed by atoms with E-state index in [0.717, 1.165) is 18.4 Å². The van der Waals surface area contributed by atoms with E-state index in [1.165, 1.54) is 6.08 Å². The first-order valence-corrected chi connectivity index (χ1v) is 9.91. The third-order valence-corrected chi connectivity index (χ3v) is 4.50. The molecule has 1 fully saturated rings. The number of amides is 2. The predicted octanol–water partition coefficient (Wildman–Crippen LogP) is 4.04. The SMILES string of the molecule is CCOC(=O)/C=C/c1ccc(NC(=O)C2(NC(=O)OC(C)(C)C)CCCC2)cc1. The molecular weight excluding hydrogens is 372 g/mol. The van der Waals surface area contributed by atoms with Crippen molar-refractivity contribution in [1.82, 2.24) is 5.32 Å². The zero-order valence-corrected chi connectivity index (χ0v) is 17.5. The quantitative estimate of drug-likeness (QED) is 0.553. The summed E-state index contributed by atoms with van der Waals surface area (Å²) >= 11 is 0. The van der Waals surface area contributed by atoms with Crippen molar-refractivity contribution >= 4 is 29.7 Å². The van der Waals surface area contributed by atoms with E-state index in [1.54, 1.807) is 58.0 Å². The van der Waals surface area contributed by atoms with Gasteiger partial charge in [-0.25, -0.2) is 9.59 Å². The number of ether oxygens (including phenoxy) is 2. The van der Waals surface area contributed by atoms with Crippen LogP contribution in [0.25, 0.3) is 6.08 Å². The summed E-state index contributed by atoms with van der Waals surface area (Å²) in [5, 5.41) is 5.67. The summed E-state index contributed by atoms with van der Waals surface area (Å²) in [6.07, 6.45) is 5.27. The van der Waals surface area contributed by atoms with Gasteiger partial charge in [-0.2, -0.15) is 0 Å². The lowest BCUT2D eigenvalue weighted by Crippen LogP contribution is -2.55. The topological polar surface area (TPSA) is 93.7 Å². The lowest BCUT2D eigenvalue weighted by molar-refractivity contribution is -0.137. The van der Waals surface area contributed by atoms with Crippen LogP contribution in [0.5, 0.6) is 0 Å². The smallest absolute Gasteiger partial charge is 0.408 e. The van der Waals surface area contributed by atoms with Crippen molar-refractivity contribution < 1.29 is 23.9 Å². The highest BCUT2D eigenvalue weighted by Crippen LogP contribution is 2.31. The Hall–Kier alpha value is -2.83. The lowest BCUT2D eigenvalue weighted by Gasteiger charge is -2.30. The molecule has 0 spiro atoms. The van der Waals surface area contributed by atoms with Crippen molar-refractivity contribution in [2.24, 2.45) is 0 Å². The zero-order valence-electron chi connectivity index (χ0n) is 17.5. The zero-order chi connectivity index (χ0) is 21.5. The maximum Gasteiger partial charge on any atom is 0.408 e. The van der Waals surface area contributed by atoms with E-state index in [9.17, 15) is 14.4 Å². The summed E-state index contributed by atoms with van der Waals surface area (Å²) in [6, 6.07) is 7.07. The fourth-order valence-corrected chi connectivity index (χ4v) is 3.17. The monoisotopic (exact) mass is 402 g/mol. The van der Waals surface area contributed by atoms with Gasteiger partial charge in [0, 0.05) is 11.8 Å². The Morgan fingerprint density at radius 1 is 1.10 bits per heavy atom. The predicted molar refractivity (Wildman–Crippen MR) is 111 cm³/mol. The maximum atomic E-state index is 13.0. The molecule has 0 radical (unpaired) electrons. The molecule has 1 aromatic rings. The third-order valence-electron chi connectivity index (χ3n) is 4.50. The van der Waals surface area contributed by atoms with Crippen molar-refractivity contribution in [2.75, 3.05) is 11.9 Å². The van der Waals surface area contributed by atoms with E-state index in [2.05, 4.69) is 10.6 Å². The molecule has 0 atom stereocenters. The molecule has 1 aliphatic carbocycles. The highest BCUT2D eigenvalue weighted by molar-refractivity contribution is 6.00. The van der Waals surface area contributed by atoms with Crippen LogP contribution in [0.15, 0.2) is 30.3 Å². The second-order valence-electron chi connectivity index (χ2n) is 8.08. The van der Waals surface area contributed by atoms with Crippen molar-refractivity contribution in [1.29, 1.82) is 0 Å². The van der Waals surface area contributed by atoms with E-state index in [4.69, 9.17) is 9.47 Å². The van der Waals surface area contributed by atoms with Crippen LogP contribution in [0.2, 0.25) is 0 Å². The number of anilines is 1. The number of carbonyl (C=O) groups excluding carboxylic acids is 3. The number of rotatable bonds is 6. The Balaban J connectivity index is 2.02. The first-order chi connectivity index (χ1) is 13.6. The average Bonchev–Trinajstić information content (AvgIpc) is 3.09. The molecule has 7 nitrogen and oxygen atoms in total. The largest absolute Gasteiger partial charge is 0.463 e. The van der Waals surface area contributed by atoms with Crippen molar-refractivity contribution in [3.8, 4) is 0 Å². The van der Waals surface area contributed by atoms with Crippen molar-refractivity contribution in [3.63, 3.8) is 0 Å². The van der Waals surface area contributed by atoms with Crippen molar-refractivity contribution in [3.05, 3.63) is 35.9 Å². The molecule has 158 valence electrons. The van der Waals surface area contributed by atoms with Crippen LogP contribution in [0.4, 0.5) is 10.5 Å². The standard InChI is InChI=1S/C22H30N2O5/c1-5-28-18(25)13-10-16-8-11-17(12-9-16)23-19(26)22(14-6-7-15-22)24-20(27)29-21(2,3)4/h8-13H,5-7,14-15H2,1-4H3,(H,23,26)(H,24,27)/b13-10+. The van der Waals surface area contributed by atoms with Crippen LogP contribution in [0, 0.1) is 0 Å². The average molecular weight is 402 g/mol. The van der Waals surface area contributed by atoms with Gasteiger partial charge in [0.2, 0.25) is 5.91 Å². The van der Waals surface area contributed by atoms with Crippen LogP contribution >= 0.6 is 0 Å². The molecular formula is C22H30N2O5. The molecule has 0 bridgehead atoms. The van der Waals surface area contributed by atoms with Gasteiger partial charge in [0.05, 0.1) is 6.61 Å². The molecule has 2 rings (SSSR count). The number of hydrogen-bond acceptors (Lipinski definition) is 5. The minimum atomic E-state index is -0.967. The number of benzene rings is 1. The molecule has 0 aromatic heterocycles.